The van der Waals surface area contributed by atoms with Gasteiger partial charge in [-0.1, -0.05) is 27.7 Å². The molecule has 0 fully saturated rings. The van der Waals surface area contributed by atoms with Gasteiger partial charge in [-0.3, -0.25) is 4.79 Å². The van der Waals surface area contributed by atoms with E-state index in [0.717, 1.165) is 15.4 Å². The second kappa shape index (κ2) is 7.01. The maximum atomic E-state index is 10.7. The van der Waals surface area contributed by atoms with Crippen LogP contribution in [-0.4, -0.2) is 33.4 Å². The van der Waals surface area contributed by atoms with Gasteiger partial charge in [-0.25, -0.2) is 9.97 Å². The summed E-state index contributed by atoms with van der Waals surface area (Å²) in [5.41, 5.74) is 0.775. The predicted octanol–water partition coefficient (Wildman–Crippen LogP) is 3.11. The fourth-order valence-corrected chi connectivity index (χ4v) is 2.72. The van der Waals surface area contributed by atoms with E-state index in [-0.39, 0.29) is 5.75 Å². The van der Waals surface area contributed by atoms with Gasteiger partial charge in [-0.05, 0) is 25.1 Å². The Morgan fingerprint density at radius 2 is 2.25 bits per heavy atom. The minimum atomic E-state index is -0.870. The summed E-state index contributed by atoms with van der Waals surface area (Å²) >= 11 is 4.59. The molecule has 1 N–H and O–H groups in total. The first-order valence-electron chi connectivity index (χ1n) is 5.98. The van der Waals surface area contributed by atoms with Crippen LogP contribution < -0.4 is 0 Å². The molecule has 7 heteroatoms. The van der Waals surface area contributed by atoms with Crippen molar-refractivity contribution in [2.75, 3.05) is 12.4 Å². The third-order valence-electron chi connectivity index (χ3n) is 2.44. The standard InChI is InChI=1S/C13H13BrN2O3S/c1-2-19-6-11-15-10-5-8(14)3-4-9(10)13(16-11)20-7-12(17)18/h3-5H,2,6-7H2,1H3,(H,17,18). The van der Waals surface area contributed by atoms with Crippen LogP contribution in [0.4, 0.5) is 0 Å². The van der Waals surface area contributed by atoms with Gasteiger partial charge in [0.25, 0.3) is 0 Å². The zero-order valence-corrected chi connectivity index (χ0v) is 13.2. The molecule has 0 amide bonds. The van der Waals surface area contributed by atoms with Crippen LogP contribution in [0.15, 0.2) is 27.7 Å². The molecule has 2 rings (SSSR count). The fraction of sp³-hybridized carbons (Fsp3) is 0.308. The number of rotatable bonds is 6. The van der Waals surface area contributed by atoms with Gasteiger partial charge in [0, 0.05) is 16.5 Å². The summed E-state index contributed by atoms with van der Waals surface area (Å²) in [6.07, 6.45) is 0. The molecule has 1 heterocycles. The van der Waals surface area contributed by atoms with E-state index in [1.807, 2.05) is 25.1 Å². The second-order valence-corrected chi connectivity index (χ2v) is 5.81. The molecule has 0 aliphatic carbocycles. The highest BCUT2D eigenvalue weighted by atomic mass is 79.9. The number of carboxylic acid groups (broad SMARTS) is 1. The molecular weight excluding hydrogens is 344 g/mol. The van der Waals surface area contributed by atoms with Crippen LogP contribution in [0.5, 0.6) is 0 Å². The van der Waals surface area contributed by atoms with Crippen LogP contribution in [0.25, 0.3) is 10.9 Å². The Kier molecular flexibility index (Phi) is 5.33. The average Bonchev–Trinajstić information content (AvgIpc) is 2.41. The quantitative estimate of drug-likeness (QED) is 0.633. The van der Waals surface area contributed by atoms with Crippen molar-refractivity contribution in [3.8, 4) is 0 Å². The molecule has 0 atom stereocenters. The summed E-state index contributed by atoms with van der Waals surface area (Å²) in [5.74, 6) is -0.341. The highest BCUT2D eigenvalue weighted by molar-refractivity contribution is 9.10. The summed E-state index contributed by atoms with van der Waals surface area (Å²) in [6, 6.07) is 5.66. The molecule has 0 aliphatic rings. The third kappa shape index (κ3) is 3.91. The lowest BCUT2D eigenvalue weighted by atomic mass is 10.2. The molecule has 2 aromatic rings. The van der Waals surface area contributed by atoms with Crippen molar-refractivity contribution in [2.45, 2.75) is 18.6 Å². The average molecular weight is 357 g/mol. The molecule has 5 nitrogen and oxygen atoms in total. The van der Waals surface area contributed by atoms with Gasteiger partial charge in [-0.15, -0.1) is 0 Å². The lowest BCUT2D eigenvalue weighted by Gasteiger charge is -2.08. The minimum Gasteiger partial charge on any atom is -0.481 e. The first-order valence-corrected chi connectivity index (χ1v) is 7.76. The number of ether oxygens (including phenoxy) is 1. The lowest BCUT2D eigenvalue weighted by molar-refractivity contribution is -0.133. The van der Waals surface area contributed by atoms with E-state index in [4.69, 9.17) is 9.84 Å². The second-order valence-electron chi connectivity index (χ2n) is 3.93. The zero-order chi connectivity index (χ0) is 14.5. The van der Waals surface area contributed by atoms with Crippen LogP contribution in [0.1, 0.15) is 12.7 Å². The number of hydrogen-bond acceptors (Lipinski definition) is 5. The Morgan fingerprint density at radius 3 is 2.95 bits per heavy atom. The molecule has 20 heavy (non-hydrogen) atoms. The van der Waals surface area contributed by atoms with Crippen molar-refractivity contribution in [3.63, 3.8) is 0 Å². The normalized spacial score (nSPS) is 10.9. The van der Waals surface area contributed by atoms with Crippen molar-refractivity contribution in [2.24, 2.45) is 0 Å². The van der Waals surface area contributed by atoms with E-state index in [1.54, 1.807) is 0 Å². The van der Waals surface area contributed by atoms with Gasteiger partial charge in [0.1, 0.15) is 11.6 Å². The van der Waals surface area contributed by atoms with Gasteiger partial charge in [-0.2, -0.15) is 0 Å². The van der Waals surface area contributed by atoms with Crippen LogP contribution >= 0.6 is 27.7 Å². The highest BCUT2D eigenvalue weighted by Crippen LogP contribution is 2.27. The monoisotopic (exact) mass is 356 g/mol. The summed E-state index contributed by atoms with van der Waals surface area (Å²) < 4.78 is 6.23. The number of carboxylic acids is 1. The number of aliphatic carboxylic acids is 1. The number of hydrogen-bond donors (Lipinski definition) is 1. The summed E-state index contributed by atoms with van der Waals surface area (Å²) in [7, 11) is 0. The third-order valence-corrected chi connectivity index (χ3v) is 3.91. The van der Waals surface area contributed by atoms with Gasteiger partial charge >= 0.3 is 5.97 Å². The summed E-state index contributed by atoms with van der Waals surface area (Å²) in [4.78, 5) is 19.5. The molecule has 0 unspecified atom stereocenters. The van der Waals surface area contributed by atoms with Crippen LogP contribution in [0.2, 0.25) is 0 Å². The summed E-state index contributed by atoms with van der Waals surface area (Å²) in [6.45, 7) is 2.80. The highest BCUT2D eigenvalue weighted by Gasteiger charge is 2.10. The lowest BCUT2D eigenvalue weighted by Crippen LogP contribution is -2.03. The van der Waals surface area contributed by atoms with Crippen molar-refractivity contribution in [1.29, 1.82) is 0 Å². The number of fused-ring (bicyclic) bond motifs is 1. The molecule has 1 aromatic heterocycles. The maximum Gasteiger partial charge on any atom is 0.313 e. The Morgan fingerprint density at radius 1 is 1.45 bits per heavy atom. The number of benzene rings is 1. The van der Waals surface area contributed by atoms with E-state index in [0.29, 0.717) is 24.1 Å². The first-order chi connectivity index (χ1) is 9.60. The maximum absolute atomic E-state index is 10.7. The Labute approximate surface area is 128 Å². The number of thioether (sulfide) groups is 1. The molecule has 0 saturated carbocycles. The Hall–Kier alpha value is -1.18. The Bertz CT molecular complexity index is 636. The van der Waals surface area contributed by atoms with Crippen LogP contribution in [0.3, 0.4) is 0 Å². The van der Waals surface area contributed by atoms with Crippen molar-refractivity contribution < 1.29 is 14.6 Å². The van der Waals surface area contributed by atoms with Crippen molar-refractivity contribution in [3.05, 3.63) is 28.5 Å². The van der Waals surface area contributed by atoms with Crippen molar-refractivity contribution in [1.82, 2.24) is 9.97 Å². The first kappa shape index (κ1) is 15.2. The van der Waals surface area contributed by atoms with Crippen LogP contribution in [0, 0.1) is 0 Å². The molecule has 0 saturated heterocycles. The SMILES string of the molecule is CCOCc1nc(SCC(=O)O)c2ccc(Br)cc2n1. The van der Waals surface area contributed by atoms with Crippen LogP contribution in [-0.2, 0) is 16.1 Å². The van der Waals surface area contributed by atoms with E-state index < -0.39 is 5.97 Å². The van der Waals surface area contributed by atoms with E-state index in [2.05, 4.69) is 25.9 Å². The van der Waals surface area contributed by atoms with Gasteiger partial charge < -0.3 is 9.84 Å². The molecule has 0 spiro atoms. The molecule has 106 valence electrons. The minimum absolute atomic E-state index is 0.0315. The molecule has 0 aliphatic heterocycles. The number of halogens is 1. The van der Waals surface area contributed by atoms with Gasteiger partial charge in [0.15, 0.2) is 5.82 Å². The Balaban J connectivity index is 2.42. The van der Waals surface area contributed by atoms with E-state index in [9.17, 15) is 4.79 Å². The van der Waals surface area contributed by atoms with Gasteiger partial charge in [0.2, 0.25) is 0 Å². The van der Waals surface area contributed by atoms with Gasteiger partial charge in [0.05, 0.1) is 11.3 Å². The summed E-state index contributed by atoms with van der Waals surface area (Å²) in [5, 5.41) is 10.3. The molecule has 1 aromatic carbocycles. The smallest absolute Gasteiger partial charge is 0.313 e. The number of nitrogens with zero attached hydrogens (tertiary/aromatic N) is 2. The zero-order valence-electron chi connectivity index (χ0n) is 10.8. The molecule has 0 bridgehead atoms. The fourth-order valence-electron chi connectivity index (χ4n) is 1.62. The van der Waals surface area contributed by atoms with Crippen molar-refractivity contribution >= 4 is 44.6 Å². The van der Waals surface area contributed by atoms with E-state index >= 15 is 0 Å². The number of carbonyl (C=O) groups is 1. The van der Waals surface area contributed by atoms with E-state index in [1.165, 1.54) is 11.8 Å². The topological polar surface area (TPSA) is 72.3 Å². The molecule has 0 radical (unpaired) electrons. The largest absolute Gasteiger partial charge is 0.481 e. The molecular formula is C13H13BrN2O3S. The predicted molar refractivity (Wildman–Crippen MR) is 80.9 cm³/mol. The number of aromatic nitrogens is 2.